The number of halogens is 3. The molecule has 1 aromatic carbocycles. The molecule has 0 aliphatic heterocycles. The molecule has 5 rings (SSSR count). The first-order chi connectivity index (χ1) is 15.8. The number of fused-ring (bicyclic) bond motifs is 2. The molecule has 0 saturated carbocycles. The van der Waals surface area contributed by atoms with E-state index < -0.39 is 17.6 Å². The van der Waals surface area contributed by atoms with Crippen LogP contribution in [0.1, 0.15) is 16.8 Å². The van der Waals surface area contributed by atoms with Crippen LogP contribution < -0.4 is 5.32 Å². The van der Waals surface area contributed by atoms with Gasteiger partial charge >= 0.3 is 6.18 Å². The predicted octanol–water partition coefficient (Wildman–Crippen LogP) is 6.00. The third kappa shape index (κ3) is 3.80. The second-order valence-electron chi connectivity index (χ2n) is 7.64. The minimum Gasteiger partial charge on any atom is -0.346 e. The first kappa shape index (κ1) is 20.7. The number of hydrogen-bond acceptors (Lipinski definition) is 3. The molecule has 3 aromatic heterocycles. The van der Waals surface area contributed by atoms with E-state index in [0.717, 1.165) is 52.4 Å². The molecule has 8 heteroatoms. The Morgan fingerprint density at radius 3 is 2.76 bits per heavy atom. The van der Waals surface area contributed by atoms with Crippen molar-refractivity contribution >= 4 is 28.7 Å². The minimum absolute atomic E-state index is 0.0243. The van der Waals surface area contributed by atoms with E-state index in [1.165, 1.54) is 12.3 Å². The van der Waals surface area contributed by atoms with Crippen molar-refractivity contribution in [1.29, 1.82) is 0 Å². The average molecular weight is 446 g/mol. The Hall–Kier alpha value is -4.20. The fourth-order valence-electron chi connectivity index (χ4n) is 4.00. The third-order valence-electron chi connectivity index (χ3n) is 5.54. The van der Waals surface area contributed by atoms with Crippen molar-refractivity contribution in [3.63, 3.8) is 0 Å². The highest BCUT2D eigenvalue weighted by molar-refractivity contribution is 6.00. The molecule has 4 aromatic rings. The Labute approximate surface area is 186 Å². The van der Waals surface area contributed by atoms with E-state index in [1.54, 1.807) is 12.3 Å². The maximum Gasteiger partial charge on any atom is 0.416 e. The number of aromatic nitrogens is 3. The third-order valence-corrected chi connectivity index (χ3v) is 5.54. The van der Waals surface area contributed by atoms with Crippen LogP contribution in [0.3, 0.4) is 0 Å². The molecule has 0 atom stereocenters. The van der Waals surface area contributed by atoms with Crippen molar-refractivity contribution in [1.82, 2.24) is 15.0 Å². The molecule has 164 valence electrons. The molecule has 0 radical (unpaired) electrons. The first-order valence-electron chi connectivity index (χ1n) is 10.1. The predicted molar refractivity (Wildman–Crippen MR) is 121 cm³/mol. The Kier molecular flexibility index (Phi) is 4.85. The van der Waals surface area contributed by atoms with Crippen molar-refractivity contribution in [3.8, 4) is 22.3 Å². The molecule has 0 saturated heterocycles. The second-order valence-corrected chi connectivity index (χ2v) is 7.64. The second kappa shape index (κ2) is 7.74. The van der Waals surface area contributed by atoms with Gasteiger partial charge in [0, 0.05) is 52.8 Å². The fourth-order valence-corrected chi connectivity index (χ4v) is 4.00. The molecule has 2 N–H and O–H groups in total. The quantitative estimate of drug-likeness (QED) is 0.378. The number of nitrogens with one attached hydrogen (secondary N) is 2. The summed E-state index contributed by atoms with van der Waals surface area (Å²) in [4.78, 5) is 23.7. The Morgan fingerprint density at radius 2 is 1.97 bits per heavy atom. The van der Waals surface area contributed by atoms with Crippen molar-refractivity contribution in [2.24, 2.45) is 0 Å². The van der Waals surface area contributed by atoms with Crippen molar-refractivity contribution in [2.75, 3.05) is 5.32 Å². The zero-order valence-electron chi connectivity index (χ0n) is 17.2. The number of nitrogens with zero attached hydrogens (tertiary/aromatic N) is 2. The van der Waals surface area contributed by atoms with E-state index in [1.807, 2.05) is 24.4 Å². The number of amides is 1. The highest BCUT2D eigenvalue weighted by Gasteiger charge is 2.31. The van der Waals surface area contributed by atoms with E-state index in [4.69, 9.17) is 0 Å². The lowest BCUT2D eigenvalue weighted by Gasteiger charge is -2.13. The van der Waals surface area contributed by atoms with Gasteiger partial charge in [-0.2, -0.15) is 13.2 Å². The van der Waals surface area contributed by atoms with Crippen LogP contribution in [0.5, 0.6) is 0 Å². The molecular formula is C25H17F3N4O. The summed E-state index contributed by atoms with van der Waals surface area (Å²) >= 11 is 0. The highest BCUT2D eigenvalue weighted by Crippen LogP contribution is 2.38. The van der Waals surface area contributed by atoms with E-state index in [0.29, 0.717) is 11.2 Å². The number of alkyl halides is 3. The van der Waals surface area contributed by atoms with Gasteiger partial charge in [0.05, 0.1) is 11.3 Å². The van der Waals surface area contributed by atoms with Crippen molar-refractivity contribution in [2.45, 2.75) is 12.6 Å². The molecule has 0 unspecified atom stereocenters. The summed E-state index contributed by atoms with van der Waals surface area (Å²) in [6, 6.07) is 7.14. The van der Waals surface area contributed by atoms with Crippen LogP contribution in [-0.4, -0.2) is 20.9 Å². The molecule has 1 aliphatic rings. The normalized spacial score (nSPS) is 12.7. The molecular weight excluding hydrogens is 429 g/mol. The number of carbonyl (C=O) groups is 1. The highest BCUT2D eigenvalue weighted by atomic mass is 19.4. The van der Waals surface area contributed by atoms with Gasteiger partial charge in [-0.3, -0.25) is 9.78 Å². The molecule has 0 fully saturated rings. The number of anilines is 1. The summed E-state index contributed by atoms with van der Waals surface area (Å²) in [6.07, 6.45) is 6.35. The van der Waals surface area contributed by atoms with Crippen molar-refractivity contribution in [3.05, 3.63) is 84.5 Å². The minimum atomic E-state index is -4.58. The van der Waals surface area contributed by atoms with E-state index in [9.17, 15) is 18.0 Å². The summed E-state index contributed by atoms with van der Waals surface area (Å²) in [5.74, 6) is -0.596. The Bertz CT molecular complexity index is 1450. The van der Waals surface area contributed by atoms with Crippen molar-refractivity contribution < 1.29 is 18.0 Å². The molecule has 1 aliphatic carbocycles. The monoisotopic (exact) mass is 446 g/mol. The Morgan fingerprint density at radius 1 is 1.12 bits per heavy atom. The largest absolute Gasteiger partial charge is 0.416 e. The summed E-state index contributed by atoms with van der Waals surface area (Å²) in [5, 5.41) is 3.19. The number of carbonyl (C=O) groups excluding carboxylic acids is 1. The number of pyridine rings is 2. The van der Waals surface area contributed by atoms with Crippen LogP contribution in [0.2, 0.25) is 0 Å². The smallest absolute Gasteiger partial charge is 0.346 e. The summed E-state index contributed by atoms with van der Waals surface area (Å²) < 4.78 is 40.6. The van der Waals surface area contributed by atoms with Gasteiger partial charge < -0.3 is 10.3 Å². The zero-order valence-corrected chi connectivity index (χ0v) is 17.2. The first-order valence-corrected chi connectivity index (χ1v) is 10.1. The standard InChI is InChI=1S/C25H17F3N4O/c1-2-23(33)32-17-9-14(8-16(11-17)25(26,27)28)15-10-20-21(13-31-24(20)30-12-15)18-6-7-29-22-5-3-4-19(18)22/h2-4,6-13H,1,5H2,(H,30,31)(H,32,33). The molecule has 0 bridgehead atoms. The van der Waals surface area contributed by atoms with E-state index in [-0.39, 0.29) is 11.3 Å². The van der Waals surface area contributed by atoms with Gasteiger partial charge in [-0.05, 0) is 47.5 Å². The van der Waals surface area contributed by atoms with E-state index >= 15 is 0 Å². The number of benzene rings is 1. The lowest BCUT2D eigenvalue weighted by Crippen LogP contribution is -2.10. The van der Waals surface area contributed by atoms with Gasteiger partial charge in [-0.1, -0.05) is 18.7 Å². The summed E-state index contributed by atoms with van der Waals surface area (Å²) in [5.41, 5.74) is 4.41. The number of rotatable bonds is 4. The lowest BCUT2D eigenvalue weighted by atomic mass is 9.98. The topological polar surface area (TPSA) is 70.7 Å². The van der Waals surface area contributed by atoms with Crippen LogP contribution in [0.15, 0.2) is 67.7 Å². The number of H-pyrrole nitrogens is 1. The zero-order chi connectivity index (χ0) is 23.2. The van der Waals surface area contributed by atoms with Crippen LogP contribution in [0, 0.1) is 0 Å². The summed E-state index contributed by atoms with van der Waals surface area (Å²) in [6.45, 7) is 3.34. The fraction of sp³-hybridized carbons (Fsp3) is 0.0800. The maximum atomic E-state index is 13.5. The van der Waals surface area contributed by atoms with Crippen LogP contribution in [0.25, 0.3) is 39.4 Å². The lowest BCUT2D eigenvalue weighted by molar-refractivity contribution is -0.137. The molecule has 33 heavy (non-hydrogen) atoms. The average Bonchev–Trinajstić information content (AvgIpc) is 3.44. The molecule has 0 spiro atoms. The van der Waals surface area contributed by atoms with Gasteiger partial charge in [0.2, 0.25) is 5.91 Å². The maximum absolute atomic E-state index is 13.5. The van der Waals surface area contributed by atoms with Gasteiger partial charge in [0.15, 0.2) is 0 Å². The molecule has 3 heterocycles. The summed E-state index contributed by atoms with van der Waals surface area (Å²) in [7, 11) is 0. The number of allylic oxidation sites excluding steroid dienone is 1. The van der Waals surface area contributed by atoms with Crippen LogP contribution in [-0.2, 0) is 17.4 Å². The molecule has 5 nitrogen and oxygen atoms in total. The van der Waals surface area contributed by atoms with Gasteiger partial charge in [0.1, 0.15) is 5.65 Å². The van der Waals surface area contributed by atoms with E-state index in [2.05, 4.69) is 26.8 Å². The van der Waals surface area contributed by atoms with Crippen LogP contribution in [0.4, 0.5) is 18.9 Å². The SMILES string of the molecule is C=CC(=O)Nc1cc(-c2cnc3[nH]cc(-c4ccnc5c4C=CC5)c3c2)cc(C(F)(F)F)c1. The Balaban J connectivity index is 1.66. The molecule has 1 amide bonds. The van der Waals surface area contributed by atoms with Gasteiger partial charge in [0.25, 0.3) is 0 Å². The van der Waals surface area contributed by atoms with Gasteiger partial charge in [-0.25, -0.2) is 4.98 Å². The number of aromatic amines is 1. The van der Waals surface area contributed by atoms with Gasteiger partial charge in [-0.15, -0.1) is 0 Å². The van der Waals surface area contributed by atoms with Crippen LogP contribution >= 0.6 is 0 Å². The number of hydrogen-bond donors (Lipinski definition) is 2.